The molecular formula is C14H25N3S. The second kappa shape index (κ2) is 6.64. The fraction of sp³-hybridized carbons (Fsp3) is 0.786. The van der Waals surface area contributed by atoms with Crippen LogP contribution in [0.15, 0.2) is 0 Å². The van der Waals surface area contributed by atoms with Crippen molar-refractivity contribution in [3.8, 4) is 0 Å². The maximum atomic E-state index is 4.59. The van der Waals surface area contributed by atoms with Gasteiger partial charge < -0.3 is 10.2 Å². The van der Waals surface area contributed by atoms with Gasteiger partial charge in [-0.05, 0) is 39.8 Å². The molecule has 1 aliphatic rings. The van der Waals surface area contributed by atoms with Crippen LogP contribution in [0.5, 0.6) is 0 Å². The maximum Gasteiger partial charge on any atom is 0.0943 e. The van der Waals surface area contributed by atoms with Gasteiger partial charge in [-0.3, -0.25) is 0 Å². The van der Waals surface area contributed by atoms with Crippen molar-refractivity contribution in [2.45, 2.75) is 46.1 Å². The molecule has 1 atom stereocenters. The molecule has 0 radical (unpaired) electrons. The topological polar surface area (TPSA) is 28.2 Å². The van der Waals surface area contributed by atoms with Gasteiger partial charge in [0.2, 0.25) is 0 Å². The molecule has 0 aromatic carbocycles. The van der Waals surface area contributed by atoms with Crippen molar-refractivity contribution in [2.24, 2.45) is 0 Å². The zero-order valence-electron chi connectivity index (χ0n) is 11.8. The Balaban J connectivity index is 1.71. The minimum absolute atomic E-state index is 0.681. The number of hydrogen-bond acceptors (Lipinski definition) is 4. The molecule has 18 heavy (non-hydrogen) atoms. The van der Waals surface area contributed by atoms with Crippen LogP contribution >= 0.6 is 11.3 Å². The lowest BCUT2D eigenvalue weighted by molar-refractivity contribution is 0.199. The largest absolute Gasteiger partial charge is 0.312 e. The molecule has 0 amide bonds. The number of aromatic nitrogens is 1. The molecule has 2 heterocycles. The molecule has 1 aliphatic heterocycles. The van der Waals surface area contributed by atoms with E-state index in [9.17, 15) is 0 Å². The summed E-state index contributed by atoms with van der Waals surface area (Å²) >= 11 is 1.84. The van der Waals surface area contributed by atoms with E-state index in [4.69, 9.17) is 0 Å². The Morgan fingerprint density at radius 1 is 1.44 bits per heavy atom. The van der Waals surface area contributed by atoms with Crippen molar-refractivity contribution in [3.63, 3.8) is 0 Å². The molecule has 102 valence electrons. The Hall–Kier alpha value is -0.450. The standard InChI is InChI=1S/C14H25N3S/c1-4-17-9-5-6-13(10-17)15-8-7-14-16-11(2)12(3)18-14/h13,15H,4-10H2,1-3H3/t13-/m0/s1. The van der Waals surface area contributed by atoms with Crippen LogP contribution in [0.1, 0.15) is 35.3 Å². The van der Waals surface area contributed by atoms with E-state index in [2.05, 4.69) is 36.0 Å². The molecule has 3 nitrogen and oxygen atoms in total. The van der Waals surface area contributed by atoms with E-state index in [1.165, 1.54) is 48.1 Å². The highest BCUT2D eigenvalue weighted by atomic mass is 32.1. The number of likely N-dealkylation sites (N-methyl/N-ethyl adjacent to an activating group) is 1. The Kier molecular flexibility index (Phi) is 5.15. The number of thiazole rings is 1. The molecule has 4 heteroatoms. The van der Waals surface area contributed by atoms with Crippen molar-refractivity contribution in [2.75, 3.05) is 26.2 Å². The van der Waals surface area contributed by atoms with Crippen molar-refractivity contribution >= 4 is 11.3 Å². The second-order valence-electron chi connectivity index (χ2n) is 5.19. The summed E-state index contributed by atoms with van der Waals surface area (Å²) in [7, 11) is 0. The summed E-state index contributed by atoms with van der Waals surface area (Å²) in [6, 6.07) is 0.681. The Labute approximate surface area is 115 Å². The normalized spacial score (nSPS) is 21.4. The first kappa shape index (κ1) is 14.0. The maximum absolute atomic E-state index is 4.59. The molecule has 1 N–H and O–H groups in total. The van der Waals surface area contributed by atoms with Gasteiger partial charge in [0.25, 0.3) is 0 Å². The van der Waals surface area contributed by atoms with Gasteiger partial charge in [-0.1, -0.05) is 6.92 Å². The van der Waals surface area contributed by atoms with Gasteiger partial charge in [0, 0.05) is 30.4 Å². The molecule has 1 fully saturated rings. The zero-order chi connectivity index (χ0) is 13.0. The number of piperidine rings is 1. The van der Waals surface area contributed by atoms with E-state index in [1.54, 1.807) is 0 Å². The van der Waals surface area contributed by atoms with Crippen molar-refractivity contribution < 1.29 is 0 Å². The van der Waals surface area contributed by atoms with Crippen LogP contribution in [-0.4, -0.2) is 42.1 Å². The van der Waals surface area contributed by atoms with E-state index in [1.807, 2.05) is 11.3 Å². The monoisotopic (exact) mass is 267 g/mol. The van der Waals surface area contributed by atoms with Crippen molar-refractivity contribution in [3.05, 3.63) is 15.6 Å². The first-order chi connectivity index (χ1) is 8.69. The number of nitrogens with one attached hydrogen (secondary N) is 1. The second-order valence-corrected chi connectivity index (χ2v) is 6.47. The summed E-state index contributed by atoms with van der Waals surface area (Å²) in [6.45, 7) is 11.3. The van der Waals surface area contributed by atoms with Gasteiger partial charge in [0.05, 0.1) is 10.7 Å². The van der Waals surface area contributed by atoms with Crippen LogP contribution in [0.3, 0.4) is 0 Å². The number of likely N-dealkylation sites (tertiary alicyclic amines) is 1. The molecule has 0 bridgehead atoms. The highest BCUT2D eigenvalue weighted by Gasteiger charge is 2.17. The molecule has 0 saturated carbocycles. The van der Waals surface area contributed by atoms with E-state index in [0.717, 1.165) is 13.0 Å². The minimum Gasteiger partial charge on any atom is -0.312 e. The molecular weight excluding hydrogens is 242 g/mol. The van der Waals surface area contributed by atoms with Gasteiger partial charge in [-0.15, -0.1) is 11.3 Å². The summed E-state index contributed by atoms with van der Waals surface area (Å²) < 4.78 is 0. The van der Waals surface area contributed by atoms with Gasteiger partial charge in [0.15, 0.2) is 0 Å². The highest BCUT2D eigenvalue weighted by molar-refractivity contribution is 7.11. The van der Waals surface area contributed by atoms with Crippen LogP contribution in [0.25, 0.3) is 0 Å². The summed E-state index contributed by atoms with van der Waals surface area (Å²) in [5, 5.41) is 4.97. The summed E-state index contributed by atoms with van der Waals surface area (Å²) in [4.78, 5) is 8.49. The van der Waals surface area contributed by atoms with Gasteiger partial charge >= 0.3 is 0 Å². The highest BCUT2D eigenvalue weighted by Crippen LogP contribution is 2.16. The predicted molar refractivity (Wildman–Crippen MR) is 78.4 cm³/mol. The summed E-state index contributed by atoms with van der Waals surface area (Å²) in [5.74, 6) is 0. The van der Waals surface area contributed by atoms with E-state index in [0.29, 0.717) is 6.04 Å². The quantitative estimate of drug-likeness (QED) is 0.888. The van der Waals surface area contributed by atoms with Crippen molar-refractivity contribution in [1.29, 1.82) is 0 Å². The number of rotatable bonds is 5. The number of nitrogens with zero attached hydrogens (tertiary/aromatic N) is 2. The van der Waals surface area contributed by atoms with Gasteiger partial charge in [-0.2, -0.15) is 0 Å². The molecule has 0 spiro atoms. The van der Waals surface area contributed by atoms with Crippen molar-refractivity contribution in [1.82, 2.24) is 15.2 Å². The van der Waals surface area contributed by atoms with Crippen LogP contribution in [0.4, 0.5) is 0 Å². The fourth-order valence-corrected chi connectivity index (χ4v) is 3.47. The molecule has 0 aliphatic carbocycles. The van der Waals surface area contributed by atoms with Crippen LogP contribution in [0.2, 0.25) is 0 Å². The average Bonchev–Trinajstić information content (AvgIpc) is 2.69. The number of hydrogen-bond donors (Lipinski definition) is 1. The first-order valence-electron chi connectivity index (χ1n) is 7.07. The van der Waals surface area contributed by atoms with Gasteiger partial charge in [0.1, 0.15) is 0 Å². The molecule has 1 aromatic rings. The molecule has 1 saturated heterocycles. The fourth-order valence-electron chi connectivity index (χ4n) is 2.54. The molecule has 0 unspecified atom stereocenters. The summed E-state index contributed by atoms with van der Waals surface area (Å²) in [5.41, 5.74) is 1.20. The van der Waals surface area contributed by atoms with E-state index >= 15 is 0 Å². The first-order valence-corrected chi connectivity index (χ1v) is 7.89. The van der Waals surface area contributed by atoms with Gasteiger partial charge in [-0.25, -0.2) is 4.98 Å². The van der Waals surface area contributed by atoms with Crippen LogP contribution in [0, 0.1) is 13.8 Å². The van der Waals surface area contributed by atoms with Crippen LogP contribution in [-0.2, 0) is 6.42 Å². The third kappa shape index (κ3) is 3.77. The lowest BCUT2D eigenvalue weighted by Gasteiger charge is -2.32. The minimum atomic E-state index is 0.681. The predicted octanol–water partition coefficient (Wildman–Crippen LogP) is 2.38. The van der Waals surface area contributed by atoms with E-state index < -0.39 is 0 Å². The third-order valence-electron chi connectivity index (χ3n) is 3.80. The molecule has 2 rings (SSSR count). The third-order valence-corrected chi connectivity index (χ3v) is 4.93. The Morgan fingerprint density at radius 2 is 2.28 bits per heavy atom. The SMILES string of the molecule is CCN1CCC[C@H](NCCc2nc(C)c(C)s2)C1. The lowest BCUT2D eigenvalue weighted by atomic mass is 10.1. The smallest absolute Gasteiger partial charge is 0.0943 e. The lowest BCUT2D eigenvalue weighted by Crippen LogP contribution is -2.46. The Bertz CT molecular complexity index is 356. The average molecular weight is 267 g/mol. The summed E-state index contributed by atoms with van der Waals surface area (Å²) in [6.07, 6.45) is 3.73. The zero-order valence-corrected chi connectivity index (χ0v) is 12.6. The number of aryl methyl sites for hydroxylation is 2. The van der Waals surface area contributed by atoms with Crippen LogP contribution < -0.4 is 5.32 Å². The molecule has 1 aromatic heterocycles. The Morgan fingerprint density at radius 3 is 2.94 bits per heavy atom. The van der Waals surface area contributed by atoms with E-state index in [-0.39, 0.29) is 0 Å².